The highest BCUT2D eigenvalue weighted by molar-refractivity contribution is 8.13. The topological polar surface area (TPSA) is 32.7 Å². The zero-order chi connectivity index (χ0) is 17.1. The first-order chi connectivity index (χ1) is 11.6. The summed E-state index contributed by atoms with van der Waals surface area (Å²) in [5, 5.41) is 1.98. The van der Waals surface area contributed by atoms with E-state index in [1.807, 2.05) is 18.2 Å². The highest BCUT2D eigenvalue weighted by Crippen LogP contribution is 2.29. The zero-order valence-corrected chi connectivity index (χ0v) is 15.6. The number of rotatable bonds is 2. The van der Waals surface area contributed by atoms with Crippen LogP contribution in [0.1, 0.15) is 16.8 Å². The van der Waals surface area contributed by atoms with Crippen molar-refractivity contribution in [1.82, 2.24) is 4.90 Å². The van der Waals surface area contributed by atoms with Crippen LogP contribution >= 0.6 is 46.6 Å². The van der Waals surface area contributed by atoms with E-state index in [9.17, 15) is 4.79 Å². The molecule has 2 aromatic carbocycles. The first-order valence-electron chi connectivity index (χ1n) is 7.29. The Kier molecular flexibility index (Phi) is 5.72. The van der Waals surface area contributed by atoms with Crippen LogP contribution in [0.5, 0.6) is 0 Å². The van der Waals surface area contributed by atoms with Crippen molar-refractivity contribution in [2.45, 2.75) is 6.42 Å². The summed E-state index contributed by atoms with van der Waals surface area (Å²) in [4.78, 5) is 19.1. The van der Waals surface area contributed by atoms with Crippen LogP contribution in [0.4, 0.5) is 5.69 Å². The van der Waals surface area contributed by atoms with Crippen LogP contribution in [-0.2, 0) is 0 Å². The molecule has 0 aliphatic carbocycles. The maximum Gasteiger partial charge on any atom is 0.259 e. The van der Waals surface area contributed by atoms with Gasteiger partial charge in [0.15, 0.2) is 5.17 Å². The van der Waals surface area contributed by atoms with E-state index in [1.165, 1.54) is 0 Å². The largest absolute Gasteiger partial charge is 0.287 e. The molecule has 3 rings (SSSR count). The second-order valence-electron chi connectivity index (χ2n) is 5.13. The third-order valence-electron chi connectivity index (χ3n) is 3.47. The van der Waals surface area contributed by atoms with Crippen LogP contribution in [0.15, 0.2) is 47.5 Å². The SMILES string of the molecule is O=C(c1ccc(Cl)c(Cl)c1)N1CCCSC1=Nc1ccccc1Cl. The molecule has 0 saturated carbocycles. The van der Waals surface area contributed by atoms with Crippen molar-refractivity contribution in [3.05, 3.63) is 63.1 Å². The number of para-hydroxylation sites is 1. The van der Waals surface area contributed by atoms with E-state index in [4.69, 9.17) is 34.8 Å². The predicted molar refractivity (Wildman–Crippen MR) is 103 cm³/mol. The highest BCUT2D eigenvalue weighted by atomic mass is 35.5. The Hall–Kier alpha value is -1.20. The van der Waals surface area contributed by atoms with Crippen LogP contribution in [-0.4, -0.2) is 28.3 Å². The molecule has 124 valence electrons. The average Bonchev–Trinajstić information content (AvgIpc) is 2.59. The van der Waals surface area contributed by atoms with Crippen molar-refractivity contribution >= 4 is 63.3 Å². The summed E-state index contributed by atoms with van der Waals surface area (Å²) in [5.41, 5.74) is 1.13. The Morgan fingerprint density at radius 1 is 1.04 bits per heavy atom. The van der Waals surface area contributed by atoms with Crippen LogP contribution in [0.3, 0.4) is 0 Å². The van der Waals surface area contributed by atoms with Crippen molar-refractivity contribution in [2.75, 3.05) is 12.3 Å². The van der Waals surface area contributed by atoms with Crippen LogP contribution in [0, 0.1) is 0 Å². The lowest BCUT2D eigenvalue weighted by atomic mass is 10.2. The molecule has 0 unspecified atom stereocenters. The maximum atomic E-state index is 12.8. The number of carbonyl (C=O) groups excluding carboxylic acids is 1. The molecule has 0 spiro atoms. The molecular formula is C17H13Cl3N2OS. The molecule has 24 heavy (non-hydrogen) atoms. The fraction of sp³-hybridized carbons (Fsp3) is 0.176. The van der Waals surface area contributed by atoms with Gasteiger partial charge in [-0.05, 0) is 36.8 Å². The van der Waals surface area contributed by atoms with Crippen molar-refractivity contribution in [1.29, 1.82) is 0 Å². The van der Waals surface area contributed by atoms with Crippen molar-refractivity contribution in [3.63, 3.8) is 0 Å². The second-order valence-corrected chi connectivity index (χ2v) is 7.42. The summed E-state index contributed by atoms with van der Waals surface area (Å²) < 4.78 is 0. The van der Waals surface area contributed by atoms with Crippen LogP contribution in [0.2, 0.25) is 15.1 Å². The summed E-state index contributed by atoms with van der Waals surface area (Å²) in [5.74, 6) is 0.764. The molecule has 2 aromatic rings. The van der Waals surface area contributed by atoms with Crippen LogP contribution < -0.4 is 0 Å². The minimum absolute atomic E-state index is 0.147. The van der Waals surface area contributed by atoms with E-state index in [-0.39, 0.29) is 5.91 Å². The molecule has 3 nitrogen and oxygen atoms in total. The molecular weight excluding hydrogens is 387 g/mol. The quantitative estimate of drug-likeness (QED) is 0.628. The van der Waals surface area contributed by atoms with Gasteiger partial charge in [0.2, 0.25) is 0 Å². The smallest absolute Gasteiger partial charge is 0.259 e. The first kappa shape index (κ1) is 17.6. The van der Waals surface area contributed by atoms with Crippen molar-refractivity contribution in [2.24, 2.45) is 4.99 Å². The van der Waals surface area contributed by atoms with Gasteiger partial charge in [0.25, 0.3) is 5.91 Å². The number of hydrogen-bond donors (Lipinski definition) is 0. The molecule has 1 aliphatic heterocycles. The van der Waals surface area contributed by atoms with Gasteiger partial charge in [-0.1, -0.05) is 58.7 Å². The number of benzene rings is 2. The van der Waals surface area contributed by atoms with Gasteiger partial charge < -0.3 is 0 Å². The van der Waals surface area contributed by atoms with Gasteiger partial charge in [0, 0.05) is 17.9 Å². The number of aliphatic imine (C=N–C) groups is 1. The maximum absolute atomic E-state index is 12.8. The number of thioether (sulfide) groups is 1. The minimum atomic E-state index is -0.147. The lowest BCUT2D eigenvalue weighted by Crippen LogP contribution is -2.39. The second kappa shape index (κ2) is 7.79. The number of carbonyl (C=O) groups is 1. The number of amidine groups is 1. The van der Waals surface area contributed by atoms with Crippen LogP contribution in [0.25, 0.3) is 0 Å². The van der Waals surface area contributed by atoms with Gasteiger partial charge in [-0.3, -0.25) is 9.69 Å². The average molecular weight is 400 g/mol. The Morgan fingerprint density at radius 2 is 1.83 bits per heavy atom. The molecule has 1 aliphatic rings. The van der Waals surface area contributed by atoms with Gasteiger partial charge >= 0.3 is 0 Å². The molecule has 1 heterocycles. The zero-order valence-electron chi connectivity index (χ0n) is 12.5. The molecule has 1 amide bonds. The fourth-order valence-corrected chi connectivity index (χ4v) is 3.70. The molecule has 0 bridgehead atoms. The molecule has 0 radical (unpaired) electrons. The Morgan fingerprint density at radius 3 is 2.58 bits per heavy atom. The van der Waals surface area contributed by atoms with E-state index < -0.39 is 0 Å². The molecule has 7 heteroatoms. The summed E-state index contributed by atoms with van der Waals surface area (Å²) >= 11 is 19.7. The van der Waals surface area contributed by atoms with E-state index in [1.54, 1.807) is 40.9 Å². The minimum Gasteiger partial charge on any atom is -0.287 e. The fourth-order valence-electron chi connectivity index (χ4n) is 2.27. The van der Waals surface area contributed by atoms with Gasteiger partial charge in [-0.2, -0.15) is 0 Å². The molecule has 0 aromatic heterocycles. The summed E-state index contributed by atoms with van der Waals surface area (Å²) in [7, 11) is 0. The van der Waals surface area contributed by atoms with Gasteiger partial charge in [-0.15, -0.1) is 0 Å². The summed E-state index contributed by atoms with van der Waals surface area (Å²) in [6.07, 6.45) is 0.902. The number of nitrogens with zero attached hydrogens (tertiary/aromatic N) is 2. The highest BCUT2D eigenvalue weighted by Gasteiger charge is 2.25. The number of hydrogen-bond acceptors (Lipinski definition) is 3. The summed E-state index contributed by atoms with van der Waals surface area (Å²) in [6.45, 7) is 0.607. The lowest BCUT2D eigenvalue weighted by molar-refractivity contribution is 0.0849. The standard InChI is InChI=1S/C17H13Cl3N2OS/c18-12-7-6-11(10-14(12)20)16(23)22-8-3-9-24-17(22)21-15-5-2-1-4-13(15)19/h1-2,4-7,10H,3,8-9H2. The molecule has 0 N–H and O–H groups in total. The third kappa shape index (κ3) is 3.89. The Bertz CT molecular complexity index is 810. The number of amides is 1. The molecule has 1 saturated heterocycles. The van der Waals surface area contributed by atoms with E-state index in [0.29, 0.717) is 38.0 Å². The molecule has 1 fully saturated rings. The van der Waals surface area contributed by atoms with Gasteiger partial charge in [-0.25, -0.2) is 4.99 Å². The first-order valence-corrected chi connectivity index (χ1v) is 9.41. The third-order valence-corrected chi connectivity index (χ3v) is 5.59. The predicted octanol–water partition coefficient (Wildman–Crippen LogP) is 5.91. The van der Waals surface area contributed by atoms with E-state index in [2.05, 4.69) is 4.99 Å². The summed E-state index contributed by atoms with van der Waals surface area (Å²) in [6, 6.07) is 12.2. The molecule has 0 atom stereocenters. The number of halogens is 3. The monoisotopic (exact) mass is 398 g/mol. The van der Waals surface area contributed by atoms with Gasteiger partial charge in [0.1, 0.15) is 0 Å². The Labute approximate surface area is 159 Å². The normalized spacial score (nSPS) is 16.5. The van der Waals surface area contributed by atoms with E-state index >= 15 is 0 Å². The van der Waals surface area contributed by atoms with Crippen molar-refractivity contribution < 1.29 is 4.79 Å². The van der Waals surface area contributed by atoms with E-state index in [0.717, 1.165) is 12.2 Å². The Balaban J connectivity index is 1.93. The lowest BCUT2D eigenvalue weighted by Gasteiger charge is -2.28. The van der Waals surface area contributed by atoms with Crippen molar-refractivity contribution in [3.8, 4) is 0 Å². The van der Waals surface area contributed by atoms with Gasteiger partial charge in [0.05, 0.1) is 20.8 Å².